The van der Waals surface area contributed by atoms with Gasteiger partial charge in [0.15, 0.2) is 5.69 Å². The molecule has 2 fully saturated rings. The number of carbonyl (C=O) groups is 1. The van der Waals surface area contributed by atoms with E-state index in [1.54, 1.807) is 11.0 Å². The highest BCUT2D eigenvalue weighted by molar-refractivity contribution is 5.95. The van der Waals surface area contributed by atoms with Crippen LogP contribution in [0.25, 0.3) is 0 Å². The summed E-state index contributed by atoms with van der Waals surface area (Å²) in [5, 5.41) is 9.88. The molecule has 0 bridgehead atoms. The van der Waals surface area contributed by atoms with Crippen LogP contribution in [0.5, 0.6) is 5.75 Å². The third-order valence-corrected chi connectivity index (χ3v) is 4.72. The van der Waals surface area contributed by atoms with Gasteiger partial charge in [-0.1, -0.05) is 6.92 Å². The normalized spacial score (nSPS) is 22.8. The van der Waals surface area contributed by atoms with Gasteiger partial charge in [0, 0.05) is 18.2 Å². The SMILES string of the molecule is C[C@H]1C[C@@H]1c1ccc(CN(C(=O)c2ncccc2O)C2CC2)o1. The smallest absolute Gasteiger partial charge is 0.276 e. The first-order valence-corrected chi connectivity index (χ1v) is 8.17. The highest BCUT2D eigenvalue weighted by atomic mass is 16.3. The minimum atomic E-state index is -0.233. The summed E-state index contributed by atoms with van der Waals surface area (Å²) in [6.45, 7) is 2.65. The molecule has 4 rings (SSSR count). The molecule has 2 saturated carbocycles. The lowest BCUT2D eigenvalue weighted by atomic mass is 10.2. The quantitative estimate of drug-likeness (QED) is 0.920. The van der Waals surface area contributed by atoms with Crippen molar-refractivity contribution in [2.24, 2.45) is 5.92 Å². The van der Waals surface area contributed by atoms with Crippen LogP contribution in [0.1, 0.15) is 54.1 Å². The number of rotatable bonds is 5. The number of hydrogen-bond acceptors (Lipinski definition) is 4. The number of carbonyl (C=O) groups excluding carboxylic acids is 1. The molecule has 0 radical (unpaired) electrons. The summed E-state index contributed by atoms with van der Waals surface area (Å²) in [5.74, 6) is 2.75. The minimum Gasteiger partial charge on any atom is -0.505 e. The fourth-order valence-electron chi connectivity index (χ4n) is 3.02. The Morgan fingerprint density at radius 2 is 2.17 bits per heavy atom. The Balaban J connectivity index is 1.53. The topological polar surface area (TPSA) is 66.6 Å². The molecule has 2 aliphatic rings. The van der Waals surface area contributed by atoms with Crippen LogP contribution in [-0.2, 0) is 6.54 Å². The van der Waals surface area contributed by atoms with Crippen molar-refractivity contribution in [1.29, 1.82) is 0 Å². The molecule has 0 aliphatic heterocycles. The molecule has 1 amide bonds. The van der Waals surface area contributed by atoms with Crippen LogP contribution in [0.4, 0.5) is 0 Å². The van der Waals surface area contributed by atoms with Crippen molar-refractivity contribution in [3.05, 3.63) is 47.7 Å². The molecule has 2 aliphatic carbocycles. The van der Waals surface area contributed by atoms with Crippen molar-refractivity contribution in [3.63, 3.8) is 0 Å². The van der Waals surface area contributed by atoms with E-state index in [4.69, 9.17) is 4.42 Å². The first-order chi connectivity index (χ1) is 11.1. The second-order valence-electron chi connectivity index (χ2n) is 6.66. The molecule has 2 heterocycles. The fourth-order valence-corrected chi connectivity index (χ4v) is 3.02. The second-order valence-corrected chi connectivity index (χ2v) is 6.66. The Labute approximate surface area is 134 Å². The van der Waals surface area contributed by atoms with Gasteiger partial charge >= 0.3 is 0 Å². The molecule has 0 saturated heterocycles. The van der Waals surface area contributed by atoms with Gasteiger partial charge in [-0.25, -0.2) is 4.98 Å². The van der Waals surface area contributed by atoms with E-state index in [9.17, 15) is 9.90 Å². The van der Waals surface area contributed by atoms with E-state index in [1.165, 1.54) is 18.7 Å². The third-order valence-electron chi connectivity index (χ3n) is 4.72. The van der Waals surface area contributed by atoms with E-state index >= 15 is 0 Å². The van der Waals surface area contributed by atoms with Gasteiger partial charge in [0.2, 0.25) is 0 Å². The first kappa shape index (κ1) is 14.3. The van der Waals surface area contributed by atoms with Gasteiger partial charge in [0.1, 0.15) is 17.3 Å². The Bertz CT molecular complexity index is 735. The van der Waals surface area contributed by atoms with E-state index in [0.717, 1.165) is 24.4 Å². The van der Waals surface area contributed by atoms with Crippen LogP contribution in [0.3, 0.4) is 0 Å². The Hall–Kier alpha value is -2.30. The molecule has 0 unspecified atom stereocenters. The number of aromatic nitrogens is 1. The van der Waals surface area contributed by atoms with Gasteiger partial charge < -0.3 is 14.4 Å². The van der Waals surface area contributed by atoms with Crippen LogP contribution in [0.2, 0.25) is 0 Å². The Morgan fingerprint density at radius 3 is 2.83 bits per heavy atom. The zero-order valence-corrected chi connectivity index (χ0v) is 13.1. The van der Waals surface area contributed by atoms with Crippen molar-refractivity contribution in [1.82, 2.24) is 9.88 Å². The van der Waals surface area contributed by atoms with Gasteiger partial charge in [-0.05, 0) is 49.4 Å². The maximum absolute atomic E-state index is 12.7. The van der Waals surface area contributed by atoms with Crippen LogP contribution in [0.15, 0.2) is 34.9 Å². The summed E-state index contributed by atoms with van der Waals surface area (Å²) in [6, 6.07) is 7.31. The van der Waals surface area contributed by atoms with Gasteiger partial charge in [0.25, 0.3) is 5.91 Å². The molecule has 23 heavy (non-hydrogen) atoms. The summed E-state index contributed by atoms with van der Waals surface area (Å²) in [7, 11) is 0. The summed E-state index contributed by atoms with van der Waals surface area (Å²) in [4.78, 5) is 18.5. The molecule has 2 atom stereocenters. The molecule has 0 spiro atoms. The van der Waals surface area contributed by atoms with Crippen LogP contribution >= 0.6 is 0 Å². The lowest BCUT2D eigenvalue weighted by Crippen LogP contribution is -2.33. The zero-order chi connectivity index (χ0) is 16.0. The molecule has 2 aromatic rings. The van der Waals surface area contributed by atoms with E-state index < -0.39 is 0 Å². The van der Waals surface area contributed by atoms with Crippen LogP contribution < -0.4 is 0 Å². The lowest BCUT2D eigenvalue weighted by molar-refractivity contribution is 0.0707. The fraction of sp³-hybridized carbons (Fsp3) is 0.444. The standard InChI is InChI=1S/C18H20N2O3/c1-11-9-14(11)16-7-6-13(23-16)10-20(12-4-5-12)18(22)17-15(21)3-2-8-19-17/h2-3,6-8,11-12,14,21H,4-5,9-10H2,1H3/t11-,14-/m0/s1. The summed E-state index contributed by atoms with van der Waals surface area (Å²) in [6.07, 6.45) is 4.69. The van der Waals surface area contributed by atoms with E-state index in [-0.39, 0.29) is 23.4 Å². The number of pyridine rings is 1. The molecule has 5 nitrogen and oxygen atoms in total. The molecule has 120 valence electrons. The predicted molar refractivity (Wildman–Crippen MR) is 84.0 cm³/mol. The van der Waals surface area contributed by atoms with Crippen LogP contribution in [0, 0.1) is 5.92 Å². The maximum atomic E-state index is 12.7. The van der Waals surface area contributed by atoms with Crippen molar-refractivity contribution >= 4 is 5.91 Å². The average Bonchev–Trinajstić information content (AvgIpc) is 3.46. The summed E-state index contributed by atoms with van der Waals surface area (Å²) in [5.41, 5.74) is 0.113. The number of furan rings is 1. The summed E-state index contributed by atoms with van der Waals surface area (Å²) >= 11 is 0. The molecule has 0 aromatic carbocycles. The molecular weight excluding hydrogens is 292 g/mol. The summed E-state index contributed by atoms with van der Waals surface area (Å²) < 4.78 is 5.93. The third kappa shape index (κ3) is 2.83. The number of hydrogen-bond donors (Lipinski definition) is 1. The van der Waals surface area contributed by atoms with Crippen molar-refractivity contribution < 1.29 is 14.3 Å². The Morgan fingerprint density at radius 1 is 1.39 bits per heavy atom. The Kier molecular flexibility index (Phi) is 3.36. The van der Waals surface area contributed by atoms with Crippen LogP contribution in [-0.4, -0.2) is 26.9 Å². The van der Waals surface area contributed by atoms with Gasteiger partial charge in [-0.3, -0.25) is 4.79 Å². The highest BCUT2D eigenvalue weighted by Gasteiger charge is 2.38. The van der Waals surface area contributed by atoms with Gasteiger partial charge in [-0.2, -0.15) is 0 Å². The van der Waals surface area contributed by atoms with Crippen molar-refractivity contribution in [2.75, 3.05) is 0 Å². The van der Waals surface area contributed by atoms with E-state index in [2.05, 4.69) is 11.9 Å². The molecule has 2 aromatic heterocycles. The van der Waals surface area contributed by atoms with Crippen molar-refractivity contribution in [2.45, 2.75) is 44.7 Å². The lowest BCUT2D eigenvalue weighted by Gasteiger charge is -2.21. The highest BCUT2D eigenvalue weighted by Crippen LogP contribution is 2.47. The number of aromatic hydroxyl groups is 1. The average molecular weight is 312 g/mol. The monoisotopic (exact) mass is 312 g/mol. The molecular formula is C18H20N2O3. The van der Waals surface area contributed by atoms with Gasteiger partial charge in [0.05, 0.1) is 6.54 Å². The predicted octanol–water partition coefficient (Wildman–Crippen LogP) is 3.31. The van der Waals surface area contributed by atoms with E-state index in [1.807, 2.05) is 12.1 Å². The van der Waals surface area contributed by atoms with E-state index in [0.29, 0.717) is 18.4 Å². The zero-order valence-electron chi connectivity index (χ0n) is 13.1. The molecule has 5 heteroatoms. The number of nitrogens with zero attached hydrogens (tertiary/aromatic N) is 2. The minimum absolute atomic E-state index is 0.0740. The van der Waals surface area contributed by atoms with Crippen molar-refractivity contribution in [3.8, 4) is 5.75 Å². The second kappa shape index (κ2) is 5.41. The largest absolute Gasteiger partial charge is 0.505 e. The molecule has 1 N–H and O–H groups in total. The van der Waals surface area contributed by atoms with Gasteiger partial charge in [-0.15, -0.1) is 0 Å². The number of amides is 1. The first-order valence-electron chi connectivity index (χ1n) is 8.17. The maximum Gasteiger partial charge on any atom is 0.276 e.